The third kappa shape index (κ3) is 4.48. The quantitative estimate of drug-likeness (QED) is 0.515. The van der Waals surface area contributed by atoms with Gasteiger partial charge in [-0.05, 0) is 30.9 Å². The van der Waals surface area contributed by atoms with E-state index in [1.165, 1.54) is 0 Å². The van der Waals surface area contributed by atoms with E-state index in [1.54, 1.807) is 12.1 Å². The number of carbonyl (C=O) groups is 1. The average Bonchev–Trinajstić information content (AvgIpc) is 2.23. The Morgan fingerprint density at radius 1 is 1.11 bits per heavy atom. The minimum atomic E-state index is -1.88. The van der Waals surface area contributed by atoms with Gasteiger partial charge in [0.15, 0.2) is 5.75 Å². The van der Waals surface area contributed by atoms with E-state index in [9.17, 15) is 9.90 Å². The van der Waals surface area contributed by atoms with Crippen LogP contribution in [0.15, 0.2) is 18.2 Å². The zero-order valence-corrected chi connectivity index (χ0v) is 14.4. The van der Waals surface area contributed by atoms with Gasteiger partial charge in [-0.2, -0.15) is 0 Å². The molecule has 1 rings (SSSR count). The van der Waals surface area contributed by atoms with Gasteiger partial charge in [-0.3, -0.25) is 0 Å². The van der Waals surface area contributed by atoms with Crippen LogP contribution in [-0.2, 0) is 4.58 Å². The second-order valence-corrected chi connectivity index (χ2v) is 15.9. The van der Waals surface area contributed by atoms with E-state index in [-0.39, 0.29) is 5.56 Å². The first-order valence-electron chi connectivity index (χ1n) is 6.25. The highest BCUT2D eigenvalue weighted by molar-refractivity contribution is 6.89. The SMILES string of the molecule is C[Si](C)(C)OOc1c(C(=O)O)cccc1[Si](C)(C)C. The molecule has 0 saturated heterocycles. The predicted octanol–water partition coefficient (Wildman–Crippen LogP) is 3.08. The highest BCUT2D eigenvalue weighted by Crippen LogP contribution is 2.22. The van der Waals surface area contributed by atoms with Crippen molar-refractivity contribution in [3.05, 3.63) is 23.8 Å². The molecule has 0 atom stereocenters. The van der Waals surface area contributed by atoms with Gasteiger partial charge in [0.2, 0.25) is 8.32 Å². The summed E-state index contributed by atoms with van der Waals surface area (Å²) >= 11 is 0. The van der Waals surface area contributed by atoms with Crippen LogP contribution in [0.4, 0.5) is 0 Å². The number of rotatable bonds is 5. The molecule has 0 saturated carbocycles. The summed E-state index contributed by atoms with van der Waals surface area (Å²) in [6.45, 7) is 12.4. The fourth-order valence-corrected chi connectivity index (χ4v) is 3.34. The normalized spacial score (nSPS) is 12.3. The molecule has 19 heavy (non-hydrogen) atoms. The Bertz CT molecular complexity index is 473. The summed E-state index contributed by atoms with van der Waals surface area (Å²) in [4.78, 5) is 16.8. The summed E-state index contributed by atoms with van der Waals surface area (Å²) in [7, 11) is -3.58. The van der Waals surface area contributed by atoms with Gasteiger partial charge in [0.1, 0.15) is 5.56 Å². The van der Waals surface area contributed by atoms with Gasteiger partial charge in [0.25, 0.3) is 0 Å². The van der Waals surface area contributed by atoms with Crippen LogP contribution in [0.5, 0.6) is 5.75 Å². The average molecular weight is 298 g/mol. The number of carboxylic acid groups (broad SMARTS) is 1. The van der Waals surface area contributed by atoms with Crippen molar-refractivity contribution in [1.82, 2.24) is 0 Å². The van der Waals surface area contributed by atoms with Crippen LogP contribution in [0.3, 0.4) is 0 Å². The lowest BCUT2D eigenvalue weighted by Gasteiger charge is -2.24. The molecule has 0 aliphatic carbocycles. The lowest BCUT2D eigenvalue weighted by molar-refractivity contribution is -0.111. The summed E-state index contributed by atoms with van der Waals surface area (Å²) in [6, 6.07) is 5.24. The molecule has 1 aromatic rings. The van der Waals surface area contributed by atoms with Crippen molar-refractivity contribution >= 4 is 27.5 Å². The lowest BCUT2D eigenvalue weighted by atomic mass is 10.2. The van der Waals surface area contributed by atoms with Gasteiger partial charge in [-0.15, -0.1) is 0 Å². The van der Waals surface area contributed by atoms with Gasteiger partial charge in [-0.1, -0.05) is 31.8 Å². The van der Waals surface area contributed by atoms with Crippen LogP contribution in [0.25, 0.3) is 0 Å². The maximum Gasteiger partial charge on any atom is 0.339 e. The van der Waals surface area contributed by atoms with Crippen molar-refractivity contribution < 1.29 is 19.4 Å². The molecule has 1 aromatic carbocycles. The molecule has 0 aliphatic heterocycles. The molecule has 0 aromatic heterocycles. The Morgan fingerprint density at radius 3 is 2.11 bits per heavy atom. The zero-order valence-electron chi connectivity index (χ0n) is 12.4. The third-order valence-corrected chi connectivity index (χ3v) is 5.02. The standard InChI is InChI=1S/C13H22O4Si2/c1-18(2,3)11-9-7-8-10(13(14)15)12(11)16-17-19(4,5)6/h7-9H,1-6H3,(H,14,15). The van der Waals surface area contributed by atoms with Crippen LogP contribution in [-0.4, -0.2) is 27.5 Å². The van der Waals surface area contributed by atoms with Crippen molar-refractivity contribution in [1.29, 1.82) is 0 Å². The molecule has 0 spiro atoms. The first-order chi connectivity index (χ1) is 8.52. The van der Waals surface area contributed by atoms with Crippen LogP contribution >= 0.6 is 0 Å². The Hall–Kier alpha value is -1.12. The van der Waals surface area contributed by atoms with Gasteiger partial charge in [0, 0.05) is 0 Å². The molecule has 6 heteroatoms. The topological polar surface area (TPSA) is 55.8 Å². The van der Waals surface area contributed by atoms with Crippen LogP contribution < -0.4 is 10.1 Å². The lowest BCUT2D eigenvalue weighted by Crippen LogP contribution is -2.40. The second-order valence-electron chi connectivity index (χ2n) is 6.52. The van der Waals surface area contributed by atoms with E-state index >= 15 is 0 Å². The number of hydrogen-bond acceptors (Lipinski definition) is 3. The van der Waals surface area contributed by atoms with Crippen LogP contribution in [0.2, 0.25) is 39.3 Å². The number of para-hydroxylation sites is 1. The minimum Gasteiger partial charge on any atom is -0.478 e. The van der Waals surface area contributed by atoms with Crippen molar-refractivity contribution in [2.75, 3.05) is 0 Å². The summed E-state index contributed by atoms with van der Waals surface area (Å²) < 4.78 is 5.44. The Labute approximate surface area is 116 Å². The maximum atomic E-state index is 11.3. The van der Waals surface area contributed by atoms with Crippen LogP contribution in [0.1, 0.15) is 10.4 Å². The van der Waals surface area contributed by atoms with Gasteiger partial charge in [0.05, 0.1) is 8.07 Å². The van der Waals surface area contributed by atoms with Crippen molar-refractivity contribution in [2.24, 2.45) is 0 Å². The molecule has 0 heterocycles. The zero-order chi connectivity index (χ0) is 14.8. The maximum absolute atomic E-state index is 11.3. The van der Waals surface area contributed by atoms with Crippen molar-refractivity contribution in [2.45, 2.75) is 39.3 Å². The van der Waals surface area contributed by atoms with Gasteiger partial charge >= 0.3 is 5.97 Å². The van der Waals surface area contributed by atoms with E-state index in [4.69, 9.17) is 9.46 Å². The fourth-order valence-electron chi connectivity index (χ4n) is 1.55. The van der Waals surface area contributed by atoms with Crippen molar-refractivity contribution in [3.63, 3.8) is 0 Å². The molecule has 0 radical (unpaired) electrons. The van der Waals surface area contributed by atoms with Gasteiger partial charge in [-0.25, -0.2) is 9.37 Å². The smallest absolute Gasteiger partial charge is 0.339 e. The minimum absolute atomic E-state index is 0.165. The molecule has 0 bridgehead atoms. The van der Waals surface area contributed by atoms with E-state index in [0.29, 0.717) is 5.75 Å². The fraction of sp³-hybridized carbons (Fsp3) is 0.462. The Morgan fingerprint density at radius 2 is 1.68 bits per heavy atom. The van der Waals surface area contributed by atoms with E-state index in [1.807, 2.05) is 25.7 Å². The summed E-state index contributed by atoms with van der Waals surface area (Å²) in [6.07, 6.45) is 0. The Kier molecular flexibility index (Phi) is 4.60. The highest BCUT2D eigenvalue weighted by atomic mass is 28.4. The molecule has 0 amide bonds. The van der Waals surface area contributed by atoms with Crippen LogP contribution in [0, 0.1) is 0 Å². The molecule has 0 unspecified atom stereocenters. The monoisotopic (exact) mass is 298 g/mol. The summed E-state index contributed by atoms with van der Waals surface area (Å²) in [5, 5.41) is 10.2. The first kappa shape index (κ1) is 15.9. The molecular weight excluding hydrogens is 276 g/mol. The Balaban J connectivity index is 3.26. The summed E-state index contributed by atoms with van der Waals surface area (Å²) in [5.74, 6) is -0.620. The number of carboxylic acids is 1. The largest absolute Gasteiger partial charge is 0.478 e. The van der Waals surface area contributed by atoms with Gasteiger partial charge < -0.3 is 9.99 Å². The third-order valence-electron chi connectivity index (χ3n) is 2.43. The first-order valence-corrected chi connectivity index (χ1v) is 13.2. The van der Waals surface area contributed by atoms with Crippen molar-refractivity contribution in [3.8, 4) is 5.75 Å². The molecule has 4 nitrogen and oxygen atoms in total. The number of aromatic carboxylic acids is 1. The second kappa shape index (κ2) is 5.48. The highest BCUT2D eigenvalue weighted by Gasteiger charge is 2.27. The molecule has 0 aliphatic rings. The predicted molar refractivity (Wildman–Crippen MR) is 81.4 cm³/mol. The summed E-state index contributed by atoms with van der Waals surface area (Å²) in [5.41, 5.74) is 0.165. The molecule has 106 valence electrons. The molecular formula is C13H22O4Si2. The number of hydrogen-bond donors (Lipinski definition) is 1. The van der Waals surface area contributed by atoms with E-state index in [2.05, 4.69) is 19.6 Å². The van der Waals surface area contributed by atoms with E-state index < -0.39 is 22.4 Å². The number of benzene rings is 1. The van der Waals surface area contributed by atoms with E-state index in [0.717, 1.165) is 5.19 Å². The molecule has 0 fully saturated rings. The molecule has 1 N–H and O–H groups in total.